The number of sulfonamides is 1. The van der Waals surface area contributed by atoms with E-state index in [0.29, 0.717) is 65.1 Å². The quantitative estimate of drug-likeness (QED) is 0.358. The largest absolute Gasteiger partial charge is 0.492 e. The van der Waals surface area contributed by atoms with Crippen LogP contribution < -0.4 is 14.8 Å². The number of ether oxygens (including phenoxy) is 2. The van der Waals surface area contributed by atoms with Crippen LogP contribution in [0.25, 0.3) is 11.0 Å². The predicted molar refractivity (Wildman–Crippen MR) is 134 cm³/mol. The van der Waals surface area contributed by atoms with Crippen LogP contribution >= 0.6 is 0 Å². The van der Waals surface area contributed by atoms with E-state index >= 15 is 0 Å². The molecule has 0 unspecified atom stereocenters. The smallest absolute Gasteiger partial charge is 0.257 e. The molecule has 36 heavy (non-hydrogen) atoms. The van der Waals surface area contributed by atoms with Gasteiger partial charge in [-0.2, -0.15) is 4.31 Å². The zero-order chi connectivity index (χ0) is 25.3. The van der Waals surface area contributed by atoms with Crippen molar-refractivity contribution in [1.82, 2.24) is 9.29 Å². The maximum Gasteiger partial charge on any atom is 0.257 e. The summed E-state index contributed by atoms with van der Waals surface area (Å²) >= 11 is 0. The van der Waals surface area contributed by atoms with Gasteiger partial charge in [-0.05, 0) is 74.9 Å². The number of aryl methyl sites for hydroxylation is 1. The minimum Gasteiger partial charge on any atom is -0.492 e. The molecule has 2 aromatic carbocycles. The molecular formula is C26H25N3O6S. The zero-order valence-corrected chi connectivity index (χ0v) is 20.7. The van der Waals surface area contributed by atoms with Gasteiger partial charge in [-0.25, -0.2) is 13.4 Å². The molecule has 0 bridgehead atoms. The Kier molecular flexibility index (Phi) is 6.38. The number of hydrogen-bond acceptors (Lipinski definition) is 7. The van der Waals surface area contributed by atoms with Gasteiger partial charge in [-0.1, -0.05) is 0 Å². The summed E-state index contributed by atoms with van der Waals surface area (Å²) in [6.07, 6.45) is 2.41. The van der Waals surface area contributed by atoms with Crippen molar-refractivity contribution in [3.8, 4) is 17.2 Å². The molecule has 0 atom stereocenters. The monoisotopic (exact) mass is 507 g/mol. The Hall–Kier alpha value is -3.89. The Balaban J connectivity index is 1.39. The van der Waals surface area contributed by atoms with E-state index in [4.69, 9.17) is 13.9 Å². The number of carbonyl (C=O) groups is 1. The van der Waals surface area contributed by atoms with Gasteiger partial charge >= 0.3 is 0 Å². The van der Waals surface area contributed by atoms with Gasteiger partial charge in [0.05, 0.1) is 23.1 Å². The average Bonchev–Trinajstić information content (AvgIpc) is 3.20. The van der Waals surface area contributed by atoms with Crippen LogP contribution in [0.3, 0.4) is 0 Å². The minimum atomic E-state index is -3.48. The van der Waals surface area contributed by atoms with Crippen LogP contribution in [0.1, 0.15) is 29.5 Å². The zero-order valence-electron chi connectivity index (χ0n) is 19.9. The van der Waals surface area contributed by atoms with Gasteiger partial charge in [0.1, 0.15) is 34.4 Å². The highest BCUT2D eigenvalue weighted by atomic mass is 32.2. The Bertz CT molecular complexity index is 1510. The van der Waals surface area contributed by atoms with Crippen molar-refractivity contribution in [2.45, 2.75) is 25.2 Å². The van der Waals surface area contributed by atoms with Gasteiger partial charge in [-0.15, -0.1) is 0 Å². The highest BCUT2D eigenvalue weighted by molar-refractivity contribution is 7.89. The van der Waals surface area contributed by atoms with Gasteiger partial charge in [0, 0.05) is 18.7 Å². The summed E-state index contributed by atoms with van der Waals surface area (Å²) in [4.78, 5) is 17.4. The first-order chi connectivity index (χ1) is 17.3. The van der Waals surface area contributed by atoms with Gasteiger partial charge in [0.25, 0.3) is 5.91 Å². The number of fused-ring (bicyclic) bond motifs is 1. The SMILES string of the molecule is CCOc1ccc(NC(=O)c2cc(Oc3ccc(S(=O)(=O)N4CCC4)cc3)c3cc(C)oc3c2)nc1. The molecule has 186 valence electrons. The summed E-state index contributed by atoms with van der Waals surface area (Å²) in [5.41, 5.74) is 0.811. The summed E-state index contributed by atoms with van der Waals surface area (Å²) in [6.45, 7) is 5.29. The third kappa shape index (κ3) is 4.77. The van der Waals surface area contributed by atoms with Crippen molar-refractivity contribution in [1.29, 1.82) is 0 Å². The van der Waals surface area contributed by atoms with Crippen LogP contribution in [-0.2, 0) is 10.0 Å². The van der Waals surface area contributed by atoms with Crippen molar-refractivity contribution in [2.75, 3.05) is 25.0 Å². The van der Waals surface area contributed by atoms with Crippen LogP contribution in [0, 0.1) is 6.92 Å². The third-order valence-corrected chi connectivity index (χ3v) is 7.69. The number of aromatic nitrogens is 1. The number of benzene rings is 2. The number of nitrogens with zero attached hydrogens (tertiary/aromatic N) is 2. The molecule has 5 rings (SSSR count). The molecule has 1 aliphatic heterocycles. The molecule has 0 radical (unpaired) electrons. The van der Waals surface area contributed by atoms with Crippen molar-refractivity contribution in [2.24, 2.45) is 0 Å². The second-order valence-electron chi connectivity index (χ2n) is 8.34. The molecule has 1 saturated heterocycles. The first-order valence-corrected chi connectivity index (χ1v) is 13.0. The van der Waals surface area contributed by atoms with E-state index in [0.717, 1.165) is 6.42 Å². The van der Waals surface area contributed by atoms with Gasteiger partial charge in [0.15, 0.2) is 0 Å². The minimum absolute atomic E-state index is 0.217. The van der Waals surface area contributed by atoms with Gasteiger partial charge < -0.3 is 19.2 Å². The lowest BCUT2D eigenvalue weighted by Crippen LogP contribution is -2.41. The summed E-state index contributed by atoms with van der Waals surface area (Å²) in [7, 11) is -3.48. The molecule has 3 heterocycles. The van der Waals surface area contributed by atoms with Crippen LogP contribution in [0.5, 0.6) is 17.2 Å². The Morgan fingerprint density at radius 2 is 1.83 bits per heavy atom. The molecule has 10 heteroatoms. The fourth-order valence-electron chi connectivity index (χ4n) is 3.83. The molecular weight excluding hydrogens is 482 g/mol. The lowest BCUT2D eigenvalue weighted by molar-refractivity contribution is 0.102. The van der Waals surface area contributed by atoms with Crippen LogP contribution in [0.4, 0.5) is 5.82 Å². The highest BCUT2D eigenvalue weighted by Gasteiger charge is 2.29. The van der Waals surface area contributed by atoms with Crippen LogP contribution in [0.15, 0.2) is 70.1 Å². The molecule has 1 N–H and O–H groups in total. The Morgan fingerprint density at radius 3 is 2.47 bits per heavy atom. The molecule has 0 saturated carbocycles. The normalized spacial score (nSPS) is 13.8. The molecule has 1 aliphatic rings. The van der Waals surface area contributed by atoms with E-state index in [-0.39, 0.29) is 10.8 Å². The second kappa shape index (κ2) is 9.63. The highest BCUT2D eigenvalue weighted by Crippen LogP contribution is 2.34. The lowest BCUT2D eigenvalue weighted by atomic mass is 10.1. The van der Waals surface area contributed by atoms with Crippen LogP contribution in [0.2, 0.25) is 0 Å². The Morgan fingerprint density at radius 1 is 1.08 bits per heavy atom. The number of nitrogens with one attached hydrogen (secondary N) is 1. The first-order valence-electron chi connectivity index (χ1n) is 11.6. The number of rotatable bonds is 8. The lowest BCUT2D eigenvalue weighted by Gasteiger charge is -2.29. The molecule has 1 amide bonds. The van der Waals surface area contributed by atoms with Crippen molar-refractivity contribution in [3.63, 3.8) is 0 Å². The summed E-state index contributed by atoms with van der Waals surface area (Å²) < 4.78 is 43.9. The van der Waals surface area contributed by atoms with E-state index in [1.165, 1.54) is 16.4 Å². The first kappa shape index (κ1) is 23.8. The van der Waals surface area contributed by atoms with E-state index in [1.54, 1.807) is 42.6 Å². The number of furan rings is 1. The maximum absolute atomic E-state index is 13.0. The number of hydrogen-bond donors (Lipinski definition) is 1. The molecule has 2 aromatic heterocycles. The molecule has 4 aromatic rings. The van der Waals surface area contributed by atoms with E-state index < -0.39 is 10.0 Å². The second-order valence-corrected chi connectivity index (χ2v) is 10.3. The van der Waals surface area contributed by atoms with E-state index in [9.17, 15) is 13.2 Å². The molecule has 1 fully saturated rings. The summed E-state index contributed by atoms with van der Waals surface area (Å²) in [6, 6.07) is 14.7. The number of amides is 1. The van der Waals surface area contributed by atoms with Crippen molar-refractivity contribution in [3.05, 3.63) is 72.1 Å². The number of pyridine rings is 1. The van der Waals surface area contributed by atoms with Crippen LogP contribution in [-0.4, -0.2) is 43.3 Å². The van der Waals surface area contributed by atoms with E-state index in [2.05, 4.69) is 10.3 Å². The summed E-state index contributed by atoms with van der Waals surface area (Å²) in [5, 5.41) is 3.46. The predicted octanol–water partition coefficient (Wildman–Crippen LogP) is 4.97. The summed E-state index contributed by atoms with van der Waals surface area (Å²) in [5.74, 6) is 2.11. The molecule has 9 nitrogen and oxygen atoms in total. The standard InChI is InChI=1S/C26H25N3O6S/c1-3-33-20-7-10-25(27-16-20)28-26(30)18-14-23-22(13-17(2)34-23)24(15-18)35-19-5-8-21(9-6-19)36(31,32)29-11-4-12-29/h5-10,13-16H,3-4,11-12H2,1-2H3,(H,27,28,30). The molecule has 0 aliphatic carbocycles. The fraction of sp³-hybridized carbons (Fsp3) is 0.231. The van der Waals surface area contributed by atoms with Crippen molar-refractivity contribution >= 4 is 32.7 Å². The number of carbonyl (C=O) groups excluding carboxylic acids is 1. The van der Waals surface area contributed by atoms with Gasteiger partial charge in [0.2, 0.25) is 10.0 Å². The number of anilines is 1. The average molecular weight is 508 g/mol. The Labute approximate surface area is 208 Å². The molecule has 0 spiro atoms. The maximum atomic E-state index is 13.0. The fourth-order valence-corrected chi connectivity index (χ4v) is 5.34. The third-order valence-electron chi connectivity index (χ3n) is 5.78. The topological polar surface area (TPSA) is 111 Å². The van der Waals surface area contributed by atoms with E-state index in [1.807, 2.05) is 19.9 Å². The van der Waals surface area contributed by atoms with Gasteiger partial charge in [-0.3, -0.25) is 4.79 Å². The van der Waals surface area contributed by atoms with Crippen molar-refractivity contribution < 1.29 is 27.1 Å².